The number of amides is 3. The molecule has 7 heteroatoms. The Morgan fingerprint density at radius 2 is 1.46 bits per heavy atom. The second kappa shape index (κ2) is 9.52. The van der Waals surface area contributed by atoms with Crippen LogP contribution >= 0.6 is 0 Å². The molecule has 0 saturated carbocycles. The van der Waals surface area contributed by atoms with Crippen LogP contribution < -0.4 is 16.0 Å². The first-order valence-corrected chi connectivity index (χ1v) is 11.1. The van der Waals surface area contributed by atoms with Gasteiger partial charge in [-0.15, -0.1) is 0 Å². The predicted octanol–water partition coefficient (Wildman–Crippen LogP) is 6.70. The number of rotatable bonds is 5. The number of fused-ring (bicyclic) bond motifs is 1. The number of carbonyl (C=O) groups excluding carboxylic acids is 2. The third kappa shape index (κ3) is 5.04. The molecular weight excluding hydrogens is 440 g/mol. The molecule has 0 spiro atoms. The van der Waals surface area contributed by atoms with E-state index in [1.165, 1.54) is 0 Å². The molecule has 5 rings (SSSR count). The molecule has 0 aliphatic heterocycles. The van der Waals surface area contributed by atoms with E-state index >= 15 is 0 Å². The topological polar surface area (TPSA) is 96.3 Å². The molecule has 4 aromatic carbocycles. The molecular formula is C28H22N4O3. The Labute approximate surface area is 201 Å². The van der Waals surface area contributed by atoms with E-state index in [1.807, 2.05) is 61.5 Å². The molecule has 0 aliphatic rings. The molecule has 3 N–H and O–H groups in total. The third-order valence-electron chi connectivity index (χ3n) is 5.45. The number of nitrogens with zero attached hydrogens (tertiary/aromatic N) is 1. The lowest BCUT2D eigenvalue weighted by Crippen LogP contribution is -2.19. The van der Waals surface area contributed by atoms with Gasteiger partial charge in [-0.3, -0.25) is 4.79 Å². The highest BCUT2D eigenvalue weighted by atomic mass is 16.3. The number of aryl methyl sites for hydroxylation is 1. The van der Waals surface area contributed by atoms with E-state index in [0.717, 1.165) is 11.1 Å². The molecule has 35 heavy (non-hydrogen) atoms. The van der Waals surface area contributed by atoms with E-state index in [9.17, 15) is 9.59 Å². The zero-order chi connectivity index (χ0) is 24.2. The van der Waals surface area contributed by atoms with Gasteiger partial charge in [0.2, 0.25) is 5.89 Å². The third-order valence-corrected chi connectivity index (χ3v) is 5.45. The summed E-state index contributed by atoms with van der Waals surface area (Å²) in [7, 11) is 0. The van der Waals surface area contributed by atoms with E-state index in [1.54, 1.807) is 42.5 Å². The second-order valence-corrected chi connectivity index (χ2v) is 8.00. The predicted molar refractivity (Wildman–Crippen MR) is 138 cm³/mol. The van der Waals surface area contributed by atoms with Gasteiger partial charge in [0.05, 0.1) is 0 Å². The van der Waals surface area contributed by atoms with Gasteiger partial charge < -0.3 is 20.4 Å². The number of aromatic nitrogens is 1. The van der Waals surface area contributed by atoms with Crippen LogP contribution in [0.4, 0.5) is 21.9 Å². The Balaban J connectivity index is 1.31. The smallest absolute Gasteiger partial charge is 0.323 e. The fraction of sp³-hybridized carbons (Fsp3) is 0.0357. The van der Waals surface area contributed by atoms with Crippen molar-refractivity contribution >= 4 is 40.1 Å². The average Bonchev–Trinajstić information content (AvgIpc) is 3.31. The molecule has 0 atom stereocenters. The van der Waals surface area contributed by atoms with Gasteiger partial charge in [-0.05, 0) is 67.1 Å². The number of hydrogen-bond acceptors (Lipinski definition) is 4. The number of carbonyl (C=O) groups is 2. The van der Waals surface area contributed by atoms with Crippen LogP contribution in [0.3, 0.4) is 0 Å². The number of oxazole rings is 1. The summed E-state index contributed by atoms with van der Waals surface area (Å²) in [5.41, 5.74) is 5.20. The lowest BCUT2D eigenvalue weighted by molar-refractivity contribution is 0.102. The lowest BCUT2D eigenvalue weighted by atomic mass is 10.1. The molecule has 0 radical (unpaired) electrons. The van der Waals surface area contributed by atoms with E-state index in [0.29, 0.717) is 39.6 Å². The van der Waals surface area contributed by atoms with Crippen molar-refractivity contribution in [1.82, 2.24) is 4.98 Å². The summed E-state index contributed by atoms with van der Waals surface area (Å²) in [4.78, 5) is 29.8. The minimum atomic E-state index is -0.373. The van der Waals surface area contributed by atoms with Crippen molar-refractivity contribution in [2.24, 2.45) is 0 Å². The van der Waals surface area contributed by atoms with Crippen molar-refractivity contribution in [3.8, 4) is 11.5 Å². The molecule has 1 heterocycles. The maximum atomic E-state index is 13.0. The summed E-state index contributed by atoms with van der Waals surface area (Å²) >= 11 is 0. The largest absolute Gasteiger partial charge is 0.436 e. The van der Waals surface area contributed by atoms with E-state index in [-0.39, 0.29) is 11.9 Å². The Morgan fingerprint density at radius 1 is 0.743 bits per heavy atom. The monoisotopic (exact) mass is 462 g/mol. The Bertz CT molecular complexity index is 1510. The Morgan fingerprint density at radius 3 is 2.23 bits per heavy atom. The minimum absolute atomic E-state index is 0.293. The van der Waals surface area contributed by atoms with Crippen LogP contribution in [-0.2, 0) is 0 Å². The summed E-state index contributed by atoms with van der Waals surface area (Å²) in [5.74, 6) is 0.208. The Hall–Kier alpha value is -4.91. The first kappa shape index (κ1) is 21.9. The van der Waals surface area contributed by atoms with Crippen LogP contribution in [0.1, 0.15) is 15.9 Å². The zero-order valence-corrected chi connectivity index (χ0v) is 18.9. The molecule has 7 nitrogen and oxygen atoms in total. The van der Waals surface area contributed by atoms with Crippen LogP contribution in [0, 0.1) is 6.92 Å². The quantitative estimate of drug-likeness (QED) is 0.271. The van der Waals surface area contributed by atoms with E-state index in [4.69, 9.17) is 4.42 Å². The van der Waals surface area contributed by atoms with Crippen molar-refractivity contribution in [3.05, 3.63) is 108 Å². The molecule has 5 aromatic rings. The van der Waals surface area contributed by atoms with Gasteiger partial charge in [0.25, 0.3) is 5.91 Å². The average molecular weight is 463 g/mol. The zero-order valence-electron chi connectivity index (χ0n) is 18.9. The number of urea groups is 1. The Kier molecular flexibility index (Phi) is 5.96. The van der Waals surface area contributed by atoms with Gasteiger partial charge in [-0.2, -0.15) is 0 Å². The van der Waals surface area contributed by atoms with Crippen LogP contribution in [0.25, 0.3) is 22.6 Å². The molecule has 3 amide bonds. The summed E-state index contributed by atoms with van der Waals surface area (Å²) in [6.07, 6.45) is 0. The summed E-state index contributed by atoms with van der Waals surface area (Å²) in [5, 5.41) is 8.48. The summed E-state index contributed by atoms with van der Waals surface area (Å²) in [6.45, 7) is 1.88. The molecule has 0 unspecified atom stereocenters. The van der Waals surface area contributed by atoms with Crippen LogP contribution in [0.15, 0.2) is 101 Å². The van der Waals surface area contributed by atoms with Crippen molar-refractivity contribution in [2.45, 2.75) is 6.92 Å². The van der Waals surface area contributed by atoms with Gasteiger partial charge in [0.1, 0.15) is 5.52 Å². The highest BCUT2D eigenvalue weighted by Crippen LogP contribution is 2.26. The maximum Gasteiger partial charge on any atom is 0.323 e. The molecule has 0 fully saturated rings. The van der Waals surface area contributed by atoms with Crippen LogP contribution in [0.5, 0.6) is 0 Å². The van der Waals surface area contributed by atoms with Crippen molar-refractivity contribution in [1.29, 1.82) is 0 Å². The standard InChI is InChI=1S/C28H22N4O3/c1-18-12-14-22(30-28(34)29-21-10-6-3-7-11-21)17-24(18)31-26(33)20-13-15-23-25(16-20)35-27(32-23)19-8-4-2-5-9-19/h2-17H,1H3,(H,31,33)(H2,29,30,34). The van der Waals surface area contributed by atoms with Crippen LogP contribution in [-0.4, -0.2) is 16.9 Å². The van der Waals surface area contributed by atoms with E-state index < -0.39 is 0 Å². The van der Waals surface area contributed by atoms with Gasteiger partial charge in [0, 0.05) is 28.2 Å². The number of para-hydroxylation sites is 1. The van der Waals surface area contributed by atoms with Crippen molar-refractivity contribution in [3.63, 3.8) is 0 Å². The van der Waals surface area contributed by atoms with Crippen molar-refractivity contribution in [2.75, 3.05) is 16.0 Å². The SMILES string of the molecule is Cc1ccc(NC(=O)Nc2ccccc2)cc1NC(=O)c1ccc2nc(-c3ccccc3)oc2c1. The van der Waals surface area contributed by atoms with Gasteiger partial charge >= 0.3 is 6.03 Å². The number of hydrogen-bond donors (Lipinski definition) is 3. The highest BCUT2D eigenvalue weighted by Gasteiger charge is 2.14. The maximum absolute atomic E-state index is 13.0. The van der Waals surface area contributed by atoms with Crippen molar-refractivity contribution < 1.29 is 14.0 Å². The number of benzene rings is 4. The normalized spacial score (nSPS) is 10.7. The van der Waals surface area contributed by atoms with Gasteiger partial charge in [-0.25, -0.2) is 9.78 Å². The number of anilines is 3. The number of nitrogens with one attached hydrogen (secondary N) is 3. The second-order valence-electron chi connectivity index (χ2n) is 8.00. The molecule has 0 saturated heterocycles. The highest BCUT2D eigenvalue weighted by molar-refractivity contribution is 6.07. The van der Waals surface area contributed by atoms with Crippen LogP contribution in [0.2, 0.25) is 0 Å². The minimum Gasteiger partial charge on any atom is -0.436 e. The van der Waals surface area contributed by atoms with Gasteiger partial charge in [0.15, 0.2) is 5.58 Å². The first-order valence-electron chi connectivity index (χ1n) is 11.1. The van der Waals surface area contributed by atoms with Gasteiger partial charge in [-0.1, -0.05) is 42.5 Å². The fourth-order valence-corrected chi connectivity index (χ4v) is 3.61. The lowest BCUT2D eigenvalue weighted by Gasteiger charge is -2.12. The summed E-state index contributed by atoms with van der Waals surface area (Å²) < 4.78 is 5.88. The fourth-order valence-electron chi connectivity index (χ4n) is 3.61. The summed E-state index contributed by atoms with van der Waals surface area (Å²) in [6, 6.07) is 28.9. The van der Waals surface area contributed by atoms with E-state index in [2.05, 4.69) is 20.9 Å². The molecule has 172 valence electrons. The molecule has 1 aromatic heterocycles. The first-order chi connectivity index (χ1) is 17.0. The molecule has 0 bridgehead atoms. The molecule has 0 aliphatic carbocycles.